The van der Waals surface area contributed by atoms with E-state index in [1.807, 2.05) is 6.92 Å². The van der Waals surface area contributed by atoms with Gasteiger partial charge in [0, 0.05) is 17.8 Å². The Bertz CT molecular complexity index is 751. The van der Waals surface area contributed by atoms with Crippen molar-refractivity contribution in [3.63, 3.8) is 0 Å². The van der Waals surface area contributed by atoms with Gasteiger partial charge in [0.25, 0.3) is 10.0 Å². The number of nitrogens with one attached hydrogen (secondary N) is 2. The van der Waals surface area contributed by atoms with Crippen molar-refractivity contribution >= 4 is 44.7 Å². The van der Waals surface area contributed by atoms with E-state index >= 15 is 0 Å². The molecule has 112 valence electrons. The van der Waals surface area contributed by atoms with E-state index in [9.17, 15) is 8.42 Å². The molecule has 5 nitrogen and oxygen atoms in total. The average molecular weight is 346 g/mol. The molecule has 0 radical (unpaired) electrons. The molecule has 0 aliphatic carbocycles. The fourth-order valence-electron chi connectivity index (χ4n) is 1.68. The summed E-state index contributed by atoms with van der Waals surface area (Å²) in [6.45, 7) is 2.41. The number of halogens is 2. The molecule has 0 saturated heterocycles. The van der Waals surface area contributed by atoms with Crippen LogP contribution in [0.5, 0.6) is 0 Å². The van der Waals surface area contributed by atoms with Gasteiger partial charge in [0.2, 0.25) is 0 Å². The monoisotopic (exact) mass is 345 g/mol. The molecule has 0 bridgehead atoms. The maximum Gasteiger partial charge on any atom is 0.265 e. The van der Waals surface area contributed by atoms with Gasteiger partial charge in [0.1, 0.15) is 10.7 Å². The Kier molecular flexibility index (Phi) is 4.92. The van der Waals surface area contributed by atoms with Crippen molar-refractivity contribution in [2.45, 2.75) is 11.8 Å². The molecular weight excluding hydrogens is 333 g/mol. The summed E-state index contributed by atoms with van der Waals surface area (Å²) in [6, 6.07) is 7.55. The zero-order valence-corrected chi connectivity index (χ0v) is 13.4. The zero-order chi connectivity index (χ0) is 15.5. The molecule has 0 amide bonds. The van der Waals surface area contributed by atoms with Gasteiger partial charge in [-0.15, -0.1) is 0 Å². The van der Waals surface area contributed by atoms with E-state index in [-0.39, 0.29) is 21.4 Å². The highest BCUT2D eigenvalue weighted by Crippen LogP contribution is 2.28. The predicted molar refractivity (Wildman–Crippen MR) is 85.7 cm³/mol. The van der Waals surface area contributed by atoms with Crippen molar-refractivity contribution in [3.05, 3.63) is 46.6 Å². The molecule has 0 unspecified atom stereocenters. The first-order valence-corrected chi connectivity index (χ1v) is 8.34. The molecule has 1 aromatic carbocycles. The van der Waals surface area contributed by atoms with Gasteiger partial charge >= 0.3 is 0 Å². The summed E-state index contributed by atoms with van der Waals surface area (Å²) in [5.74, 6) is 0.289. The molecule has 2 aromatic rings. The number of nitrogens with zero attached hydrogens (tertiary/aromatic N) is 1. The van der Waals surface area contributed by atoms with Crippen molar-refractivity contribution in [1.82, 2.24) is 4.98 Å². The number of benzene rings is 1. The normalized spacial score (nSPS) is 11.2. The van der Waals surface area contributed by atoms with Crippen molar-refractivity contribution in [1.29, 1.82) is 0 Å². The number of sulfonamides is 1. The lowest BCUT2D eigenvalue weighted by Gasteiger charge is -2.13. The van der Waals surface area contributed by atoms with Crippen molar-refractivity contribution in [2.24, 2.45) is 0 Å². The third-order valence-electron chi connectivity index (χ3n) is 2.58. The number of anilines is 2. The number of hydrogen-bond acceptors (Lipinski definition) is 4. The highest BCUT2D eigenvalue weighted by molar-refractivity contribution is 7.92. The Labute approximate surface area is 133 Å². The van der Waals surface area contributed by atoms with Crippen LogP contribution >= 0.6 is 23.2 Å². The molecular formula is C13H13Cl2N3O2S. The third kappa shape index (κ3) is 3.78. The van der Waals surface area contributed by atoms with Gasteiger partial charge in [0.15, 0.2) is 0 Å². The highest BCUT2D eigenvalue weighted by Gasteiger charge is 2.20. The Balaban J connectivity index is 2.39. The second kappa shape index (κ2) is 6.51. The molecule has 0 atom stereocenters. The summed E-state index contributed by atoms with van der Waals surface area (Å²) >= 11 is 11.8. The number of pyridine rings is 1. The van der Waals surface area contributed by atoms with Crippen LogP contribution < -0.4 is 10.0 Å². The number of aromatic nitrogens is 1. The van der Waals surface area contributed by atoms with E-state index in [0.717, 1.165) is 0 Å². The van der Waals surface area contributed by atoms with Crippen LogP contribution in [0, 0.1) is 0 Å². The van der Waals surface area contributed by atoms with E-state index < -0.39 is 10.0 Å². The second-order valence-corrected chi connectivity index (χ2v) is 6.60. The lowest BCUT2D eigenvalue weighted by molar-refractivity contribution is 0.601. The van der Waals surface area contributed by atoms with Gasteiger partial charge in [-0.1, -0.05) is 23.2 Å². The molecule has 0 aliphatic heterocycles. The van der Waals surface area contributed by atoms with Crippen LogP contribution in [0.1, 0.15) is 6.92 Å². The van der Waals surface area contributed by atoms with Crippen LogP contribution in [-0.2, 0) is 10.0 Å². The van der Waals surface area contributed by atoms with Gasteiger partial charge < -0.3 is 5.32 Å². The Morgan fingerprint density at radius 1 is 1.24 bits per heavy atom. The lowest BCUT2D eigenvalue weighted by atomic mass is 10.3. The van der Waals surface area contributed by atoms with Crippen molar-refractivity contribution in [2.75, 3.05) is 16.6 Å². The Morgan fingerprint density at radius 2 is 2.00 bits per heavy atom. The minimum Gasteiger partial charge on any atom is -0.369 e. The van der Waals surface area contributed by atoms with Crippen LogP contribution in [0.4, 0.5) is 11.5 Å². The summed E-state index contributed by atoms with van der Waals surface area (Å²) in [5.41, 5.74) is 0.257. The predicted octanol–water partition coefficient (Wildman–Crippen LogP) is 3.62. The fourth-order valence-corrected chi connectivity index (χ4v) is 3.41. The standard InChI is InChI=1S/C13H13Cl2N3O2S/c1-2-16-13-12(4-3-7-17-13)21(19,20)18-11-6-5-9(14)8-10(11)15/h3-8,18H,2H2,1H3,(H,16,17). The topological polar surface area (TPSA) is 71.1 Å². The first-order chi connectivity index (χ1) is 9.94. The highest BCUT2D eigenvalue weighted by atomic mass is 35.5. The summed E-state index contributed by atoms with van der Waals surface area (Å²) in [4.78, 5) is 4.08. The van der Waals surface area contributed by atoms with Gasteiger partial charge in [-0.3, -0.25) is 4.72 Å². The molecule has 0 saturated carbocycles. The quantitative estimate of drug-likeness (QED) is 0.867. The van der Waals surface area contributed by atoms with E-state index in [1.165, 1.54) is 24.4 Å². The van der Waals surface area contributed by atoms with Crippen LogP contribution in [-0.4, -0.2) is 19.9 Å². The summed E-state index contributed by atoms with van der Waals surface area (Å²) in [7, 11) is -3.80. The van der Waals surface area contributed by atoms with Crippen molar-refractivity contribution in [3.8, 4) is 0 Å². The minimum absolute atomic E-state index is 0.0536. The molecule has 21 heavy (non-hydrogen) atoms. The largest absolute Gasteiger partial charge is 0.369 e. The van der Waals surface area contributed by atoms with E-state index in [1.54, 1.807) is 12.1 Å². The first-order valence-electron chi connectivity index (χ1n) is 6.11. The van der Waals surface area contributed by atoms with Crippen LogP contribution in [0.3, 0.4) is 0 Å². The average Bonchev–Trinajstić information content (AvgIpc) is 2.43. The second-order valence-electron chi connectivity index (χ2n) is 4.11. The van der Waals surface area contributed by atoms with Crippen LogP contribution in [0.2, 0.25) is 10.0 Å². The Hall–Kier alpha value is -1.50. The van der Waals surface area contributed by atoms with Gasteiger partial charge in [-0.25, -0.2) is 13.4 Å². The molecule has 8 heteroatoms. The zero-order valence-electron chi connectivity index (χ0n) is 11.1. The maximum atomic E-state index is 12.5. The van der Waals surface area contributed by atoms with Crippen LogP contribution in [0.15, 0.2) is 41.4 Å². The molecule has 0 aliphatic rings. The Morgan fingerprint density at radius 3 is 2.67 bits per heavy atom. The smallest absolute Gasteiger partial charge is 0.265 e. The maximum absolute atomic E-state index is 12.5. The van der Waals surface area contributed by atoms with Gasteiger partial charge in [-0.05, 0) is 37.3 Å². The third-order valence-corrected chi connectivity index (χ3v) is 4.52. The SMILES string of the molecule is CCNc1ncccc1S(=O)(=O)Nc1ccc(Cl)cc1Cl. The van der Waals surface area contributed by atoms with E-state index in [0.29, 0.717) is 11.6 Å². The van der Waals surface area contributed by atoms with Gasteiger partial charge in [0.05, 0.1) is 10.7 Å². The van der Waals surface area contributed by atoms with Crippen LogP contribution in [0.25, 0.3) is 0 Å². The number of rotatable bonds is 5. The molecule has 2 rings (SSSR count). The molecule has 2 N–H and O–H groups in total. The molecule has 0 spiro atoms. The fraction of sp³-hybridized carbons (Fsp3) is 0.154. The van der Waals surface area contributed by atoms with E-state index in [4.69, 9.17) is 23.2 Å². The summed E-state index contributed by atoms with van der Waals surface area (Å²) in [6.07, 6.45) is 1.52. The minimum atomic E-state index is -3.80. The summed E-state index contributed by atoms with van der Waals surface area (Å²) < 4.78 is 27.3. The lowest BCUT2D eigenvalue weighted by Crippen LogP contribution is -2.16. The van der Waals surface area contributed by atoms with Crippen molar-refractivity contribution < 1.29 is 8.42 Å². The van der Waals surface area contributed by atoms with Gasteiger partial charge in [-0.2, -0.15) is 0 Å². The molecule has 1 heterocycles. The molecule has 0 fully saturated rings. The van der Waals surface area contributed by atoms with E-state index in [2.05, 4.69) is 15.0 Å². The first kappa shape index (κ1) is 15.9. The molecule has 1 aromatic heterocycles. The summed E-state index contributed by atoms with van der Waals surface area (Å²) in [5, 5.41) is 3.56. The number of hydrogen-bond donors (Lipinski definition) is 2.